The predicted octanol–water partition coefficient (Wildman–Crippen LogP) is -0.298. The van der Waals surface area contributed by atoms with Crippen molar-refractivity contribution < 1.29 is 4.74 Å². The van der Waals surface area contributed by atoms with Gasteiger partial charge in [-0.05, 0) is 6.54 Å². The van der Waals surface area contributed by atoms with Gasteiger partial charge in [-0.1, -0.05) is 6.92 Å². The lowest BCUT2D eigenvalue weighted by molar-refractivity contribution is -0.0463. The van der Waals surface area contributed by atoms with Crippen molar-refractivity contribution in [1.82, 2.24) is 20.3 Å². The third-order valence-corrected chi connectivity index (χ3v) is 3.08. The minimum absolute atomic E-state index is 0.0189. The summed E-state index contributed by atoms with van der Waals surface area (Å²) in [5.74, 6) is 5.61. The van der Waals surface area contributed by atoms with Crippen LogP contribution in [0.5, 0.6) is 0 Å². The van der Waals surface area contributed by atoms with Crippen LogP contribution in [0.2, 0.25) is 0 Å². The average molecular weight is 237 g/mol. The fourth-order valence-corrected chi connectivity index (χ4v) is 2.07. The molecule has 2 heterocycles. The van der Waals surface area contributed by atoms with Gasteiger partial charge >= 0.3 is 0 Å². The molecule has 0 aromatic carbocycles. The van der Waals surface area contributed by atoms with Gasteiger partial charge in [-0.3, -0.25) is 20.7 Å². The van der Waals surface area contributed by atoms with Crippen LogP contribution in [0.15, 0.2) is 18.6 Å². The Labute approximate surface area is 101 Å². The summed E-state index contributed by atoms with van der Waals surface area (Å²) >= 11 is 0. The van der Waals surface area contributed by atoms with Crippen LogP contribution in [0.25, 0.3) is 0 Å². The first-order valence-electron chi connectivity index (χ1n) is 5.91. The van der Waals surface area contributed by atoms with Gasteiger partial charge in [0.1, 0.15) is 0 Å². The maximum Gasteiger partial charge on any atom is 0.0925 e. The minimum atomic E-state index is -0.113. The molecule has 2 unspecified atom stereocenters. The molecule has 2 atom stereocenters. The van der Waals surface area contributed by atoms with E-state index in [4.69, 9.17) is 10.6 Å². The number of nitrogens with two attached hydrogens (primary N) is 1. The minimum Gasteiger partial charge on any atom is -0.373 e. The highest BCUT2D eigenvalue weighted by Crippen LogP contribution is 2.19. The Bertz CT molecular complexity index is 334. The third kappa shape index (κ3) is 2.98. The van der Waals surface area contributed by atoms with E-state index in [0.29, 0.717) is 0 Å². The first-order valence-corrected chi connectivity index (χ1v) is 5.91. The normalized spacial score (nSPS) is 23.5. The molecule has 1 aromatic heterocycles. The fourth-order valence-electron chi connectivity index (χ4n) is 2.07. The Morgan fingerprint density at radius 1 is 1.65 bits per heavy atom. The van der Waals surface area contributed by atoms with E-state index < -0.39 is 0 Å². The number of aromatic nitrogens is 2. The van der Waals surface area contributed by atoms with Crippen molar-refractivity contribution in [2.75, 3.05) is 26.2 Å². The van der Waals surface area contributed by atoms with Gasteiger partial charge in [-0.2, -0.15) is 0 Å². The highest BCUT2D eigenvalue weighted by Gasteiger charge is 2.28. The quantitative estimate of drug-likeness (QED) is 0.553. The number of nitrogens with one attached hydrogen (secondary N) is 1. The zero-order valence-corrected chi connectivity index (χ0v) is 10.0. The lowest BCUT2D eigenvalue weighted by Crippen LogP contribution is -2.49. The van der Waals surface area contributed by atoms with Crippen LogP contribution < -0.4 is 11.3 Å². The number of rotatable bonds is 4. The smallest absolute Gasteiger partial charge is 0.0925 e. The van der Waals surface area contributed by atoms with E-state index in [0.717, 1.165) is 31.9 Å². The lowest BCUT2D eigenvalue weighted by atomic mass is 10.1. The molecule has 0 radical (unpaired) electrons. The standard InChI is InChI=1S/C11H19N5O/c1-2-16-5-6-17-10(8-16)11(15-12)9-7-13-3-4-14-9/h3-4,7,10-11,15H,2,5-6,8,12H2,1H3. The second kappa shape index (κ2) is 6.02. The van der Waals surface area contributed by atoms with Gasteiger partial charge in [0, 0.05) is 25.5 Å². The van der Waals surface area contributed by atoms with Gasteiger partial charge in [-0.15, -0.1) is 0 Å². The van der Waals surface area contributed by atoms with E-state index in [1.807, 2.05) is 0 Å². The molecule has 94 valence electrons. The number of nitrogens with zero attached hydrogens (tertiary/aromatic N) is 3. The molecule has 6 heteroatoms. The van der Waals surface area contributed by atoms with Gasteiger partial charge in [0.05, 0.1) is 30.6 Å². The van der Waals surface area contributed by atoms with E-state index in [9.17, 15) is 0 Å². The molecule has 0 spiro atoms. The molecule has 2 rings (SSSR count). The molecule has 17 heavy (non-hydrogen) atoms. The monoisotopic (exact) mass is 237 g/mol. The summed E-state index contributed by atoms with van der Waals surface area (Å²) in [6.45, 7) is 5.75. The van der Waals surface area contributed by atoms with E-state index in [-0.39, 0.29) is 12.1 Å². The van der Waals surface area contributed by atoms with Crippen LogP contribution in [0.1, 0.15) is 18.7 Å². The SMILES string of the molecule is CCN1CCOC(C(NN)c2cnccn2)C1. The maximum atomic E-state index is 5.77. The van der Waals surface area contributed by atoms with Crippen LogP contribution in [-0.2, 0) is 4.74 Å². The topological polar surface area (TPSA) is 76.3 Å². The highest BCUT2D eigenvalue weighted by molar-refractivity contribution is 5.05. The van der Waals surface area contributed by atoms with E-state index in [2.05, 4.69) is 27.2 Å². The zero-order valence-electron chi connectivity index (χ0n) is 10.0. The molecule has 0 bridgehead atoms. The maximum absolute atomic E-state index is 5.77. The molecular weight excluding hydrogens is 218 g/mol. The molecule has 1 fully saturated rings. The molecule has 0 amide bonds. The Balaban J connectivity index is 2.08. The summed E-state index contributed by atoms with van der Waals surface area (Å²) in [5, 5.41) is 0. The van der Waals surface area contributed by atoms with Crippen LogP contribution in [-0.4, -0.2) is 47.2 Å². The van der Waals surface area contributed by atoms with Crippen molar-refractivity contribution in [2.45, 2.75) is 19.1 Å². The molecular formula is C11H19N5O. The Morgan fingerprint density at radius 2 is 2.53 bits per heavy atom. The molecule has 1 saturated heterocycles. The van der Waals surface area contributed by atoms with Crippen molar-refractivity contribution in [3.8, 4) is 0 Å². The largest absolute Gasteiger partial charge is 0.373 e. The first kappa shape index (κ1) is 12.4. The van der Waals surface area contributed by atoms with Crippen molar-refractivity contribution in [3.63, 3.8) is 0 Å². The molecule has 3 N–H and O–H groups in total. The van der Waals surface area contributed by atoms with Crippen molar-refractivity contribution in [3.05, 3.63) is 24.3 Å². The molecule has 0 saturated carbocycles. The summed E-state index contributed by atoms with van der Waals surface area (Å²) < 4.78 is 5.77. The molecule has 1 aliphatic heterocycles. The van der Waals surface area contributed by atoms with Gasteiger partial charge in [0.25, 0.3) is 0 Å². The van der Waals surface area contributed by atoms with Crippen LogP contribution in [0.4, 0.5) is 0 Å². The van der Waals surface area contributed by atoms with Crippen molar-refractivity contribution in [1.29, 1.82) is 0 Å². The second-order valence-electron chi connectivity index (χ2n) is 4.08. The van der Waals surface area contributed by atoms with Gasteiger partial charge in [-0.25, -0.2) is 5.43 Å². The number of hydrogen-bond donors (Lipinski definition) is 2. The summed E-state index contributed by atoms with van der Waals surface area (Å²) in [6, 6.07) is -0.113. The second-order valence-corrected chi connectivity index (χ2v) is 4.08. The van der Waals surface area contributed by atoms with Crippen LogP contribution in [0, 0.1) is 0 Å². The number of likely N-dealkylation sites (N-methyl/N-ethyl adjacent to an activating group) is 1. The highest BCUT2D eigenvalue weighted by atomic mass is 16.5. The molecule has 6 nitrogen and oxygen atoms in total. The molecule has 0 aliphatic carbocycles. The van der Waals surface area contributed by atoms with Crippen molar-refractivity contribution in [2.24, 2.45) is 5.84 Å². The Morgan fingerprint density at radius 3 is 3.18 bits per heavy atom. The van der Waals surface area contributed by atoms with Crippen molar-refractivity contribution >= 4 is 0 Å². The summed E-state index contributed by atoms with van der Waals surface area (Å²) in [7, 11) is 0. The van der Waals surface area contributed by atoms with Crippen LogP contribution in [0.3, 0.4) is 0 Å². The summed E-state index contributed by atoms with van der Waals surface area (Å²) in [5.41, 5.74) is 3.60. The van der Waals surface area contributed by atoms with E-state index >= 15 is 0 Å². The summed E-state index contributed by atoms with van der Waals surface area (Å²) in [6.07, 6.45) is 5.06. The van der Waals surface area contributed by atoms with E-state index in [1.54, 1.807) is 18.6 Å². The van der Waals surface area contributed by atoms with Gasteiger partial charge in [0.15, 0.2) is 0 Å². The Kier molecular flexibility index (Phi) is 4.38. The molecule has 1 aromatic rings. The van der Waals surface area contributed by atoms with Gasteiger partial charge < -0.3 is 4.74 Å². The summed E-state index contributed by atoms with van der Waals surface area (Å²) in [4.78, 5) is 10.7. The number of ether oxygens (including phenoxy) is 1. The van der Waals surface area contributed by atoms with E-state index in [1.165, 1.54) is 0 Å². The third-order valence-electron chi connectivity index (χ3n) is 3.08. The molecule has 1 aliphatic rings. The number of morpholine rings is 1. The predicted molar refractivity (Wildman–Crippen MR) is 64.0 cm³/mol. The number of hydrogen-bond acceptors (Lipinski definition) is 6. The lowest BCUT2D eigenvalue weighted by Gasteiger charge is -2.35. The fraction of sp³-hybridized carbons (Fsp3) is 0.636. The van der Waals surface area contributed by atoms with Crippen LogP contribution >= 0.6 is 0 Å². The average Bonchev–Trinajstić information content (AvgIpc) is 2.41. The zero-order chi connectivity index (χ0) is 12.1. The first-order chi connectivity index (χ1) is 8.35. The Hall–Kier alpha value is -1.08. The van der Waals surface area contributed by atoms with Gasteiger partial charge in [0.2, 0.25) is 0 Å². The number of hydrazine groups is 1.